The molecule has 29 heavy (non-hydrogen) atoms. The van der Waals surface area contributed by atoms with E-state index >= 15 is 0 Å². The van der Waals surface area contributed by atoms with Gasteiger partial charge < -0.3 is 19.4 Å². The van der Waals surface area contributed by atoms with E-state index in [2.05, 4.69) is 41.7 Å². The van der Waals surface area contributed by atoms with Crippen molar-refractivity contribution in [3.63, 3.8) is 0 Å². The second-order valence-corrected chi connectivity index (χ2v) is 7.73. The van der Waals surface area contributed by atoms with Crippen LogP contribution in [0.15, 0.2) is 65.3 Å². The molecule has 0 radical (unpaired) electrons. The van der Waals surface area contributed by atoms with Gasteiger partial charge in [-0.1, -0.05) is 30.3 Å². The Morgan fingerprint density at radius 3 is 2.79 bits per heavy atom. The number of hydrogen-bond acceptors (Lipinski definition) is 3. The lowest BCUT2D eigenvalue weighted by Gasteiger charge is -2.25. The van der Waals surface area contributed by atoms with Crippen molar-refractivity contribution >= 4 is 11.7 Å². The molecule has 2 aliphatic rings. The van der Waals surface area contributed by atoms with E-state index in [1.165, 1.54) is 22.3 Å². The summed E-state index contributed by atoms with van der Waals surface area (Å²) in [6, 6.07) is 18.2. The third-order valence-electron chi connectivity index (χ3n) is 5.71. The smallest absolute Gasteiger partial charge is 0.322 e. The highest BCUT2D eigenvalue weighted by Crippen LogP contribution is 2.37. The summed E-state index contributed by atoms with van der Waals surface area (Å²) >= 11 is 0. The fourth-order valence-corrected chi connectivity index (χ4v) is 4.27. The van der Waals surface area contributed by atoms with Crippen LogP contribution in [0.1, 0.15) is 29.7 Å². The van der Waals surface area contributed by atoms with Gasteiger partial charge in [-0.3, -0.25) is 0 Å². The molecule has 0 bridgehead atoms. The third kappa shape index (κ3) is 3.78. The van der Waals surface area contributed by atoms with Gasteiger partial charge in [-0.05, 0) is 65.8 Å². The number of furan rings is 1. The number of hydrogen-bond donors (Lipinski definition) is 1. The van der Waals surface area contributed by atoms with Crippen LogP contribution >= 0.6 is 0 Å². The van der Waals surface area contributed by atoms with Crippen molar-refractivity contribution in [2.45, 2.75) is 31.9 Å². The number of carbonyl (C=O) groups is 1. The summed E-state index contributed by atoms with van der Waals surface area (Å²) in [7, 11) is 0. The van der Waals surface area contributed by atoms with Crippen molar-refractivity contribution in [1.29, 1.82) is 0 Å². The van der Waals surface area contributed by atoms with Crippen molar-refractivity contribution in [2.24, 2.45) is 0 Å². The number of carbonyl (C=O) groups excluding carboxylic acids is 1. The molecule has 1 saturated heterocycles. The quantitative estimate of drug-likeness (QED) is 0.520. The lowest BCUT2D eigenvalue weighted by molar-refractivity contribution is 0.0803. The number of urea groups is 1. The van der Waals surface area contributed by atoms with Crippen molar-refractivity contribution in [3.05, 3.63) is 77.7 Å². The van der Waals surface area contributed by atoms with E-state index in [1.54, 1.807) is 11.2 Å². The number of anilines is 1. The Hall–Kier alpha value is -3.05. The number of benzene rings is 2. The lowest BCUT2D eigenvalue weighted by Crippen LogP contribution is -2.39. The molecule has 1 aliphatic carbocycles. The molecular weight excluding hydrogens is 364 g/mol. The van der Waals surface area contributed by atoms with E-state index in [0.717, 1.165) is 37.3 Å². The van der Waals surface area contributed by atoms with Crippen LogP contribution in [0, 0.1) is 0 Å². The molecule has 2 aromatic carbocycles. The Morgan fingerprint density at radius 2 is 1.97 bits per heavy atom. The standard InChI is InChI=1S/C24H24N2O3/c27-24(26(15-20-6-3-11-28-20)16-21-7-4-12-29-21)25-19-9-10-23-18(14-19)13-17-5-1-2-8-22(17)23/h1-3,5-6,8-11,14,21H,4,7,12-13,15-16H2,(H,25,27). The van der Waals surface area contributed by atoms with Gasteiger partial charge in [0.2, 0.25) is 0 Å². The molecule has 5 heteroatoms. The maximum atomic E-state index is 13.1. The number of amides is 2. The summed E-state index contributed by atoms with van der Waals surface area (Å²) in [5, 5.41) is 3.07. The van der Waals surface area contributed by atoms with Gasteiger partial charge in [0.15, 0.2) is 0 Å². The number of fused-ring (bicyclic) bond motifs is 3. The molecule has 0 saturated carbocycles. The topological polar surface area (TPSA) is 54.7 Å². The Kier molecular flexibility index (Phi) is 4.82. The minimum Gasteiger partial charge on any atom is -0.467 e. The van der Waals surface area contributed by atoms with Crippen LogP contribution in [-0.4, -0.2) is 30.2 Å². The molecule has 3 aromatic rings. The first-order valence-electron chi connectivity index (χ1n) is 10.2. The third-order valence-corrected chi connectivity index (χ3v) is 5.71. The van der Waals surface area contributed by atoms with Crippen molar-refractivity contribution in [1.82, 2.24) is 4.90 Å². The van der Waals surface area contributed by atoms with E-state index in [9.17, 15) is 4.79 Å². The zero-order chi connectivity index (χ0) is 19.6. The highest BCUT2D eigenvalue weighted by Gasteiger charge is 2.24. The largest absolute Gasteiger partial charge is 0.467 e. The Balaban J connectivity index is 1.32. The van der Waals surface area contributed by atoms with E-state index < -0.39 is 0 Å². The number of nitrogens with zero attached hydrogens (tertiary/aromatic N) is 1. The Labute approximate surface area is 170 Å². The first-order chi connectivity index (χ1) is 14.3. The monoisotopic (exact) mass is 388 g/mol. The molecule has 5 rings (SSSR count). The zero-order valence-corrected chi connectivity index (χ0v) is 16.3. The summed E-state index contributed by atoms with van der Waals surface area (Å²) < 4.78 is 11.2. The molecule has 2 amide bonds. The van der Waals surface area contributed by atoms with Gasteiger partial charge in [-0.15, -0.1) is 0 Å². The van der Waals surface area contributed by atoms with Gasteiger partial charge in [0, 0.05) is 18.8 Å². The zero-order valence-electron chi connectivity index (χ0n) is 16.3. The molecule has 1 aliphatic heterocycles. The van der Waals surface area contributed by atoms with Crippen LogP contribution in [-0.2, 0) is 17.7 Å². The first-order valence-corrected chi connectivity index (χ1v) is 10.2. The number of ether oxygens (including phenoxy) is 1. The number of nitrogens with one attached hydrogen (secondary N) is 1. The van der Waals surface area contributed by atoms with Gasteiger partial charge in [0.1, 0.15) is 5.76 Å². The van der Waals surface area contributed by atoms with Crippen LogP contribution in [0.25, 0.3) is 11.1 Å². The van der Waals surface area contributed by atoms with Gasteiger partial charge in [0.25, 0.3) is 0 Å². The highest BCUT2D eigenvalue weighted by molar-refractivity contribution is 5.90. The first kappa shape index (κ1) is 18.0. The fourth-order valence-electron chi connectivity index (χ4n) is 4.27. The maximum Gasteiger partial charge on any atom is 0.322 e. The molecule has 1 aromatic heterocycles. The van der Waals surface area contributed by atoms with Gasteiger partial charge >= 0.3 is 6.03 Å². The van der Waals surface area contributed by atoms with Crippen molar-refractivity contribution in [2.75, 3.05) is 18.5 Å². The predicted molar refractivity (Wildman–Crippen MR) is 112 cm³/mol. The van der Waals surface area contributed by atoms with Crippen LogP contribution in [0.2, 0.25) is 0 Å². The molecule has 2 heterocycles. The summed E-state index contributed by atoms with van der Waals surface area (Å²) in [5.41, 5.74) is 5.95. The summed E-state index contributed by atoms with van der Waals surface area (Å²) in [6.07, 6.45) is 4.66. The summed E-state index contributed by atoms with van der Waals surface area (Å²) in [5.74, 6) is 0.766. The van der Waals surface area contributed by atoms with Gasteiger partial charge in [-0.25, -0.2) is 4.79 Å². The van der Waals surface area contributed by atoms with E-state index in [-0.39, 0.29) is 12.1 Å². The summed E-state index contributed by atoms with van der Waals surface area (Å²) in [4.78, 5) is 14.8. The van der Waals surface area contributed by atoms with E-state index in [1.807, 2.05) is 18.2 Å². The highest BCUT2D eigenvalue weighted by atomic mass is 16.5. The Bertz CT molecular complexity index is 1010. The molecule has 1 fully saturated rings. The van der Waals surface area contributed by atoms with Crippen LogP contribution in [0.4, 0.5) is 10.5 Å². The average molecular weight is 388 g/mol. The minimum atomic E-state index is -0.132. The second kappa shape index (κ2) is 7.76. The van der Waals surface area contributed by atoms with E-state index in [0.29, 0.717) is 13.1 Å². The average Bonchev–Trinajstić information content (AvgIpc) is 3.48. The molecule has 0 spiro atoms. The van der Waals surface area contributed by atoms with Gasteiger partial charge in [0.05, 0.1) is 18.9 Å². The lowest BCUT2D eigenvalue weighted by atomic mass is 10.1. The molecule has 1 N–H and O–H groups in total. The fraction of sp³-hybridized carbons (Fsp3) is 0.292. The molecule has 1 unspecified atom stereocenters. The Morgan fingerprint density at radius 1 is 1.07 bits per heavy atom. The van der Waals surface area contributed by atoms with Crippen LogP contribution in [0.3, 0.4) is 0 Å². The maximum absolute atomic E-state index is 13.1. The van der Waals surface area contributed by atoms with Crippen LogP contribution < -0.4 is 5.32 Å². The molecule has 1 atom stereocenters. The SMILES string of the molecule is O=C(Nc1ccc2c(c1)Cc1ccccc1-2)N(Cc1ccco1)CC1CCCO1. The molecule has 5 nitrogen and oxygen atoms in total. The van der Waals surface area contributed by atoms with Crippen molar-refractivity contribution in [3.8, 4) is 11.1 Å². The summed E-state index contributed by atoms with van der Waals surface area (Å²) in [6.45, 7) is 1.75. The van der Waals surface area contributed by atoms with Crippen LogP contribution in [0.5, 0.6) is 0 Å². The van der Waals surface area contributed by atoms with Crippen molar-refractivity contribution < 1.29 is 13.9 Å². The van der Waals surface area contributed by atoms with Gasteiger partial charge in [-0.2, -0.15) is 0 Å². The number of rotatable bonds is 5. The second-order valence-electron chi connectivity index (χ2n) is 7.73. The molecule has 148 valence electrons. The molecular formula is C24H24N2O3. The predicted octanol–water partition coefficient (Wildman–Crippen LogP) is 5.06. The van der Waals surface area contributed by atoms with E-state index in [4.69, 9.17) is 9.15 Å². The normalized spacial score (nSPS) is 17.0. The minimum absolute atomic E-state index is 0.0882.